The summed E-state index contributed by atoms with van der Waals surface area (Å²) in [6.07, 6.45) is 1.14. The fourth-order valence-electron chi connectivity index (χ4n) is 2.55. The van der Waals surface area contributed by atoms with Crippen molar-refractivity contribution in [2.24, 2.45) is 0 Å². The lowest BCUT2D eigenvalue weighted by Gasteiger charge is -2.32. The number of hydrogen-bond acceptors (Lipinski definition) is 3. The van der Waals surface area contributed by atoms with Gasteiger partial charge < -0.3 is 0 Å². The van der Waals surface area contributed by atoms with Crippen molar-refractivity contribution < 1.29 is 0 Å². The lowest BCUT2D eigenvalue weighted by atomic mass is 9.93. The maximum absolute atomic E-state index is 4.69. The molecule has 16 heavy (non-hydrogen) atoms. The van der Waals surface area contributed by atoms with E-state index >= 15 is 0 Å². The summed E-state index contributed by atoms with van der Waals surface area (Å²) in [7, 11) is 2.20. The molecule has 0 fully saturated rings. The molecule has 0 amide bonds. The quantitative estimate of drug-likeness (QED) is 0.693. The first-order valence-corrected chi connectivity index (χ1v) is 6.57. The van der Waals surface area contributed by atoms with Crippen LogP contribution in [-0.4, -0.2) is 23.5 Å². The Bertz CT molecular complexity index is 544. The molecule has 1 aliphatic rings. The SMILES string of the molecule is Cc1nc2c3c(ccc2s1)C(C)N(C)CC3. The Morgan fingerprint density at radius 3 is 3.06 bits per heavy atom. The van der Waals surface area contributed by atoms with Crippen LogP contribution in [0.15, 0.2) is 12.1 Å². The highest BCUT2D eigenvalue weighted by molar-refractivity contribution is 7.18. The van der Waals surface area contributed by atoms with Crippen LogP contribution in [-0.2, 0) is 6.42 Å². The van der Waals surface area contributed by atoms with E-state index in [0.717, 1.165) is 13.0 Å². The highest BCUT2D eigenvalue weighted by atomic mass is 32.1. The van der Waals surface area contributed by atoms with Gasteiger partial charge in [0.15, 0.2) is 0 Å². The van der Waals surface area contributed by atoms with Gasteiger partial charge in [-0.1, -0.05) is 6.07 Å². The molecule has 1 aliphatic heterocycles. The molecule has 1 aromatic heterocycles. The average Bonchev–Trinajstić information content (AvgIpc) is 2.63. The molecule has 0 aliphatic carbocycles. The van der Waals surface area contributed by atoms with Crippen molar-refractivity contribution in [3.8, 4) is 0 Å². The third-order valence-corrected chi connectivity index (χ3v) is 4.57. The lowest BCUT2D eigenvalue weighted by molar-refractivity contribution is 0.248. The number of hydrogen-bond donors (Lipinski definition) is 0. The van der Waals surface area contributed by atoms with E-state index in [1.807, 2.05) is 0 Å². The van der Waals surface area contributed by atoms with Gasteiger partial charge in [0.25, 0.3) is 0 Å². The summed E-state index contributed by atoms with van der Waals surface area (Å²) in [5.41, 5.74) is 4.19. The molecule has 0 N–H and O–H groups in total. The monoisotopic (exact) mass is 232 g/mol. The van der Waals surface area contributed by atoms with E-state index < -0.39 is 0 Å². The van der Waals surface area contributed by atoms with Gasteiger partial charge in [0.2, 0.25) is 0 Å². The number of benzene rings is 1. The highest BCUT2D eigenvalue weighted by Crippen LogP contribution is 2.34. The molecule has 1 atom stereocenters. The minimum absolute atomic E-state index is 0.523. The van der Waals surface area contributed by atoms with Gasteiger partial charge in [0.1, 0.15) is 0 Å². The molecule has 2 aromatic rings. The summed E-state index contributed by atoms with van der Waals surface area (Å²) in [6.45, 7) is 5.52. The topological polar surface area (TPSA) is 16.1 Å². The van der Waals surface area contributed by atoms with Crippen LogP contribution in [0, 0.1) is 6.92 Å². The first-order chi connectivity index (χ1) is 7.66. The Morgan fingerprint density at radius 2 is 2.25 bits per heavy atom. The van der Waals surface area contributed by atoms with E-state index in [2.05, 4.69) is 42.9 Å². The highest BCUT2D eigenvalue weighted by Gasteiger charge is 2.23. The molecule has 0 saturated heterocycles. The summed E-state index contributed by atoms with van der Waals surface area (Å²) in [5, 5.41) is 1.18. The number of fused-ring (bicyclic) bond motifs is 3. The van der Waals surface area contributed by atoms with E-state index in [4.69, 9.17) is 0 Å². The van der Waals surface area contributed by atoms with Crippen molar-refractivity contribution in [2.45, 2.75) is 26.3 Å². The van der Waals surface area contributed by atoms with Gasteiger partial charge >= 0.3 is 0 Å². The van der Waals surface area contributed by atoms with E-state index in [0.29, 0.717) is 6.04 Å². The van der Waals surface area contributed by atoms with Gasteiger partial charge in [-0.05, 0) is 44.5 Å². The summed E-state index contributed by atoms with van der Waals surface area (Å²) < 4.78 is 1.34. The third-order valence-electron chi connectivity index (χ3n) is 3.63. The fraction of sp³-hybridized carbons (Fsp3) is 0.462. The minimum atomic E-state index is 0.523. The molecule has 1 aromatic carbocycles. The number of likely N-dealkylation sites (N-methyl/N-ethyl adjacent to an activating group) is 1. The maximum atomic E-state index is 4.69. The predicted molar refractivity (Wildman–Crippen MR) is 69.1 cm³/mol. The standard InChI is InChI=1S/C13H16N2S/c1-8-10-4-5-12-13(14-9(2)16-12)11(10)6-7-15(8)3/h4-5,8H,6-7H2,1-3H3. The van der Waals surface area contributed by atoms with Crippen molar-refractivity contribution in [1.82, 2.24) is 9.88 Å². The number of rotatable bonds is 0. The molecule has 2 heterocycles. The van der Waals surface area contributed by atoms with Crippen LogP contribution in [0.3, 0.4) is 0 Å². The van der Waals surface area contributed by atoms with Crippen molar-refractivity contribution in [1.29, 1.82) is 0 Å². The van der Waals surface area contributed by atoms with E-state index in [1.165, 1.54) is 26.4 Å². The van der Waals surface area contributed by atoms with E-state index in [-0.39, 0.29) is 0 Å². The van der Waals surface area contributed by atoms with Crippen molar-refractivity contribution >= 4 is 21.6 Å². The third kappa shape index (κ3) is 1.39. The Labute approximate surface area is 99.9 Å². The second-order valence-corrected chi connectivity index (χ2v) is 5.85. The molecular weight excluding hydrogens is 216 g/mol. The van der Waals surface area contributed by atoms with E-state index in [9.17, 15) is 0 Å². The van der Waals surface area contributed by atoms with Gasteiger partial charge in [0.05, 0.1) is 15.2 Å². The van der Waals surface area contributed by atoms with Gasteiger partial charge in [-0.15, -0.1) is 11.3 Å². The molecule has 2 nitrogen and oxygen atoms in total. The van der Waals surface area contributed by atoms with Gasteiger partial charge in [-0.3, -0.25) is 4.90 Å². The molecule has 0 spiro atoms. The zero-order valence-corrected chi connectivity index (χ0v) is 10.8. The minimum Gasteiger partial charge on any atom is -0.299 e. The largest absolute Gasteiger partial charge is 0.299 e. The molecule has 3 rings (SSSR count). The van der Waals surface area contributed by atoms with Crippen LogP contribution in [0.2, 0.25) is 0 Å². The maximum Gasteiger partial charge on any atom is 0.0907 e. The Balaban J connectivity index is 2.27. The van der Waals surface area contributed by atoms with E-state index in [1.54, 1.807) is 11.3 Å². The smallest absolute Gasteiger partial charge is 0.0907 e. The van der Waals surface area contributed by atoms with Crippen molar-refractivity contribution in [3.63, 3.8) is 0 Å². The Kier molecular flexibility index (Phi) is 2.26. The first kappa shape index (κ1) is 10.2. The summed E-state index contributed by atoms with van der Waals surface area (Å²) in [5.74, 6) is 0. The molecule has 3 heteroatoms. The predicted octanol–water partition coefficient (Wildman–Crippen LogP) is 3.15. The molecule has 0 bridgehead atoms. The second-order valence-electron chi connectivity index (χ2n) is 4.62. The zero-order valence-electron chi connectivity index (χ0n) is 9.95. The van der Waals surface area contributed by atoms with Crippen LogP contribution in [0.1, 0.15) is 29.1 Å². The normalized spacial score (nSPS) is 21.3. The van der Waals surface area contributed by atoms with Gasteiger partial charge in [0, 0.05) is 12.6 Å². The molecule has 0 radical (unpaired) electrons. The fourth-order valence-corrected chi connectivity index (χ4v) is 3.40. The van der Waals surface area contributed by atoms with Crippen LogP contribution in [0.5, 0.6) is 0 Å². The first-order valence-electron chi connectivity index (χ1n) is 5.76. The average molecular weight is 232 g/mol. The molecule has 84 valence electrons. The molecule has 1 unspecified atom stereocenters. The van der Waals surface area contributed by atoms with Crippen LogP contribution in [0.25, 0.3) is 10.2 Å². The number of thiazole rings is 1. The van der Waals surface area contributed by atoms with Crippen LogP contribution in [0.4, 0.5) is 0 Å². The lowest BCUT2D eigenvalue weighted by Crippen LogP contribution is -2.30. The molecular formula is C13H16N2S. The summed E-state index contributed by atoms with van der Waals surface area (Å²) in [4.78, 5) is 7.10. The van der Waals surface area contributed by atoms with Crippen molar-refractivity contribution in [3.05, 3.63) is 28.3 Å². The van der Waals surface area contributed by atoms with Gasteiger partial charge in [-0.25, -0.2) is 4.98 Å². The van der Waals surface area contributed by atoms with Gasteiger partial charge in [-0.2, -0.15) is 0 Å². The van der Waals surface area contributed by atoms with Crippen LogP contribution < -0.4 is 0 Å². The second kappa shape index (κ2) is 3.54. The van der Waals surface area contributed by atoms with Crippen LogP contribution >= 0.6 is 11.3 Å². The number of aromatic nitrogens is 1. The zero-order chi connectivity index (χ0) is 11.3. The Morgan fingerprint density at radius 1 is 1.44 bits per heavy atom. The summed E-state index contributed by atoms with van der Waals surface area (Å²) >= 11 is 1.80. The van der Waals surface area contributed by atoms with Crippen molar-refractivity contribution in [2.75, 3.05) is 13.6 Å². The number of nitrogens with zero attached hydrogens (tertiary/aromatic N) is 2. The summed E-state index contributed by atoms with van der Waals surface area (Å²) in [6, 6.07) is 5.04. The number of aryl methyl sites for hydroxylation is 1. The molecule has 0 saturated carbocycles. The Hall–Kier alpha value is -0.930.